The second-order valence-electron chi connectivity index (χ2n) is 8.79. The molecule has 1 aromatic rings. The summed E-state index contributed by atoms with van der Waals surface area (Å²) in [5.41, 5.74) is -0.610. The molecular formula is C22H35NO4. The third-order valence-electron chi connectivity index (χ3n) is 3.85. The fourth-order valence-corrected chi connectivity index (χ4v) is 2.36. The maximum Gasteiger partial charge on any atom is 0.350 e. The van der Waals surface area contributed by atoms with Gasteiger partial charge in [0.05, 0.1) is 0 Å². The first-order valence-corrected chi connectivity index (χ1v) is 9.67. The van der Waals surface area contributed by atoms with Gasteiger partial charge < -0.3 is 14.8 Å². The van der Waals surface area contributed by atoms with Crippen LogP contribution in [-0.2, 0) is 20.7 Å². The zero-order valence-electron chi connectivity index (χ0n) is 17.8. The predicted octanol–water partition coefficient (Wildman–Crippen LogP) is 4.28. The molecule has 0 unspecified atom stereocenters. The van der Waals surface area contributed by atoms with Crippen LogP contribution in [0.2, 0.25) is 0 Å². The minimum Gasteiger partial charge on any atom is -0.476 e. The molecule has 5 nitrogen and oxygen atoms in total. The number of hydrogen-bond donors (Lipinski definition) is 1. The average Bonchev–Trinajstić information content (AvgIpc) is 2.51. The van der Waals surface area contributed by atoms with Crippen molar-refractivity contribution in [3.63, 3.8) is 0 Å². The van der Waals surface area contributed by atoms with Crippen LogP contribution in [0.25, 0.3) is 0 Å². The van der Waals surface area contributed by atoms with Crippen LogP contribution in [0.4, 0.5) is 0 Å². The molecule has 1 amide bonds. The van der Waals surface area contributed by atoms with Crippen LogP contribution in [-0.4, -0.2) is 29.6 Å². The van der Waals surface area contributed by atoms with E-state index in [-0.39, 0.29) is 5.91 Å². The molecule has 0 saturated carbocycles. The Labute approximate surface area is 163 Å². The molecule has 1 aromatic carbocycles. The molecule has 0 aliphatic carbocycles. The number of carbonyl (C=O) groups is 2. The number of rotatable bonds is 9. The van der Waals surface area contributed by atoms with Gasteiger partial charge in [-0.25, -0.2) is 4.79 Å². The van der Waals surface area contributed by atoms with Gasteiger partial charge in [0.25, 0.3) is 0 Å². The number of ether oxygens (including phenoxy) is 2. The largest absolute Gasteiger partial charge is 0.476 e. The van der Waals surface area contributed by atoms with Crippen LogP contribution in [0.5, 0.6) is 5.75 Å². The van der Waals surface area contributed by atoms with Crippen molar-refractivity contribution in [2.24, 2.45) is 5.92 Å². The first-order valence-electron chi connectivity index (χ1n) is 9.67. The molecule has 27 heavy (non-hydrogen) atoms. The lowest BCUT2D eigenvalue weighted by molar-refractivity contribution is -0.170. The van der Waals surface area contributed by atoms with E-state index in [9.17, 15) is 9.59 Å². The predicted molar refractivity (Wildman–Crippen MR) is 108 cm³/mol. The van der Waals surface area contributed by atoms with Crippen LogP contribution in [0.15, 0.2) is 24.3 Å². The maximum absolute atomic E-state index is 12.3. The van der Waals surface area contributed by atoms with Crippen LogP contribution >= 0.6 is 0 Å². The highest BCUT2D eigenvalue weighted by molar-refractivity contribution is 5.79. The quantitative estimate of drug-likeness (QED) is 0.652. The summed E-state index contributed by atoms with van der Waals surface area (Å²) in [6, 6.07) is 7.58. The molecule has 0 radical (unpaired) electrons. The zero-order chi connectivity index (χ0) is 20.7. The van der Waals surface area contributed by atoms with Gasteiger partial charge in [-0.2, -0.15) is 0 Å². The van der Waals surface area contributed by atoms with Gasteiger partial charge in [0.1, 0.15) is 11.4 Å². The number of carbonyl (C=O) groups excluding carboxylic acids is 2. The molecule has 0 aliphatic heterocycles. The van der Waals surface area contributed by atoms with Crippen LogP contribution in [0.1, 0.15) is 66.9 Å². The van der Waals surface area contributed by atoms with Gasteiger partial charge >= 0.3 is 5.97 Å². The number of nitrogens with one attached hydrogen (secondary N) is 1. The van der Waals surface area contributed by atoms with E-state index >= 15 is 0 Å². The Bertz CT molecular complexity index is 629. The monoisotopic (exact) mass is 377 g/mol. The standard InChI is InChI=1S/C22H35NO4/c1-16(2)11-12-19(24)23-14-13-17-9-8-10-18(15-17)26-22(6,7)20(25)27-21(3,4)5/h8-10,15-16H,11-14H2,1-7H3,(H,23,24). The lowest BCUT2D eigenvalue weighted by atomic mass is 10.1. The second-order valence-corrected chi connectivity index (χ2v) is 8.79. The first kappa shape index (κ1) is 23.0. The van der Waals surface area contributed by atoms with Crippen molar-refractivity contribution in [1.82, 2.24) is 5.32 Å². The minimum atomic E-state index is -1.09. The van der Waals surface area contributed by atoms with Crippen molar-refractivity contribution in [2.75, 3.05) is 6.54 Å². The van der Waals surface area contributed by atoms with E-state index in [4.69, 9.17) is 9.47 Å². The molecule has 0 fully saturated rings. The first-order chi connectivity index (χ1) is 12.4. The van der Waals surface area contributed by atoms with Gasteiger partial charge in [-0.3, -0.25) is 4.79 Å². The molecule has 1 rings (SSSR count). The summed E-state index contributed by atoms with van der Waals surface area (Å²) in [6.07, 6.45) is 2.16. The molecule has 1 N–H and O–H groups in total. The third-order valence-corrected chi connectivity index (χ3v) is 3.85. The van der Waals surface area contributed by atoms with Crippen molar-refractivity contribution < 1.29 is 19.1 Å². The molecule has 152 valence electrons. The normalized spacial score (nSPS) is 12.0. The molecule has 0 bridgehead atoms. The van der Waals surface area contributed by atoms with E-state index in [2.05, 4.69) is 19.2 Å². The van der Waals surface area contributed by atoms with Crippen LogP contribution < -0.4 is 10.1 Å². The summed E-state index contributed by atoms with van der Waals surface area (Å²) >= 11 is 0. The van der Waals surface area contributed by atoms with Gasteiger partial charge in [0, 0.05) is 13.0 Å². The van der Waals surface area contributed by atoms with Crippen LogP contribution in [0.3, 0.4) is 0 Å². The van der Waals surface area contributed by atoms with Crippen molar-refractivity contribution in [3.05, 3.63) is 29.8 Å². The van der Waals surface area contributed by atoms with E-state index in [1.807, 2.05) is 45.0 Å². The smallest absolute Gasteiger partial charge is 0.350 e. The van der Waals surface area contributed by atoms with Gasteiger partial charge in [-0.15, -0.1) is 0 Å². The SMILES string of the molecule is CC(C)CCC(=O)NCCc1cccc(OC(C)(C)C(=O)OC(C)(C)C)c1. The van der Waals surface area contributed by atoms with E-state index in [0.29, 0.717) is 31.1 Å². The topological polar surface area (TPSA) is 64.6 Å². The zero-order valence-corrected chi connectivity index (χ0v) is 17.8. The Morgan fingerprint density at radius 1 is 1.11 bits per heavy atom. The third kappa shape index (κ3) is 9.45. The Morgan fingerprint density at radius 2 is 1.78 bits per heavy atom. The lowest BCUT2D eigenvalue weighted by Gasteiger charge is -2.29. The Hall–Kier alpha value is -2.04. The highest BCUT2D eigenvalue weighted by atomic mass is 16.6. The summed E-state index contributed by atoms with van der Waals surface area (Å²) in [4.78, 5) is 24.1. The molecule has 5 heteroatoms. The number of esters is 1. The van der Waals surface area contributed by atoms with E-state index in [0.717, 1.165) is 12.0 Å². The fraction of sp³-hybridized carbons (Fsp3) is 0.636. The average molecular weight is 378 g/mol. The maximum atomic E-state index is 12.3. The van der Waals surface area contributed by atoms with Crippen molar-refractivity contribution in [3.8, 4) is 5.75 Å². The van der Waals surface area contributed by atoms with Gasteiger partial charge in [-0.05, 0) is 71.1 Å². The van der Waals surface area contributed by atoms with E-state index in [1.54, 1.807) is 13.8 Å². The minimum absolute atomic E-state index is 0.0853. The Kier molecular flexibility index (Phi) is 8.32. The lowest BCUT2D eigenvalue weighted by Crippen LogP contribution is -2.43. The van der Waals surface area contributed by atoms with E-state index < -0.39 is 17.2 Å². The number of amides is 1. The molecule has 0 aliphatic rings. The number of hydrogen-bond acceptors (Lipinski definition) is 4. The number of benzene rings is 1. The highest BCUT2D eigenvalue weighted by Gasteiger charge is 2.34. The fourth-order valence-electron chi connectivity index (χ4n) is 2.36. The Balaban J connectivity index is 2.58. The molecular weight excluding hydrogens is 342 g/mol. The summed E-state index contributed by atoms with van der Waals surface area (Å²) in [6.45, 7) is 13.7. The van der Waals surface area contributed by atoms with Crippen molar-refractivity contribution >= 4 is 11.9 Å². The molecule has 0 aromatic heterocycles. The van der Waals surface area contributed by atoms with Crippen molar-refractivity contribution in [2.45, 2.75) is 78.9 Å². The summed E-state index contributed by atoms with van der Waals surface area (Å²) < 4.78 is 11.3. The second kappa shape index (κ2) is 9.77. The summed E-state index contributed by atoms with van der Waals surface area (Å²) in [5, 5.41) is 2.94. The van der Waals surface area contributed by atoms with E-state index in [1.165, 1.54) is 0 Å². The molecule has 0 atom stereocenters. The van der Waals surface area contributed by atoms with Gasteiger partial charge in [0.15, 0.2) is 5.60 Å². The molecule has 0 spiro atoms. The molecule has 0 heterocycles. The van der Waals surface area contributed by atoms with Gasteiger partial charge in [0.2, 0.25) is 5.91 Å². The summed E-state index contributed by atoms with van der Waals surface area (Å²) in [5.74, 6) is 0.812. The Morgan fingerprint density at radius 3 is 2.37 bits per heavy atom. The van der Waals surface area contributed by atoms with Crippen molar-refractivity contribution in [1.29, 1.82) is 0 Å². The molecule has 0 saturated heterocycles. The highest BCUT2D eigenvalue weighted by Crippen LogP contribution is 2.23. The summed E-state index contributed by atoms with van der Waals surface area (Å²) in [7, 11) is 0. The van der Waals surface area contributed by atoms with Gasteiger partial charge in [-0.1, -0.05) is 26.0 Å². The van der Waals surface area contributed by atoms with Crippen LogP contribution in [0, 0.1) is 5.92 Å².